The van der Waals surface area contributed by atoms with E-state index in [1.807, 2.05) is 30.3 Å². The third kappa shape index (κ3) is 4.49. The molecule has 0 atom stereocenters. The number of aromatic nitrogens is 4. The van der Waals surface area contributed by atoms with Gasteiger partial charge in [-0.05, 0) is 48.5 Å². The Bertz CT molecular complexity index is 1450. The molecule has 2 aromatic heterocycles. The molecule has 0 aliphatic rings. The summed E-state index contributed by atoms with van der Waals surface area (Å²) in [6, 6.07) is 21.5. The van der Waals surface area contributed by atoms with Crippen molar-refractivity contribution in [2.75, 3.05) is 17.7 Å². The topological polar surface area (TPSA) is 114 Å². The number of rotatable bonds is 6. The lowest BCUT2D eigenvalue weighted by Crippen LogP contribution is -2.19. The van der Waals surface area contributed by atoms with Crippen molar-refractivity contribution in [2.24, 2.45) is 0 Å². The minimum atomic E-state index is -0.361. The number of urea groups is 1. The van der Waals surface area contributed by atoms with Crippen LogP contribution in [0.1, 0.15) is 0 Å². The van der Waals surface area contributed by atoms with Gasteiger partial charge < -0.3 is 20.1 Å². The molecule has 5 rings (SSSR count). The Morgan fingerprint density at radius 2 is 1.71 bits per heavy atom. The molecule has 0 aliphatic carbocycles. The normalized spacial score (nSPS) is 10.6. The third-order valence-corrected chi connectivity index (χ3v) is 5.06. The first kappa shape index (κ1) is 21.0. The Labute approximate surface area is 194 Å². The van der Waals surface area contributed by atoms with Gasteiger partial charge in [0, 0.05) is 23.0 Å². The molecule has 0 fully saturated rings. The summed E-state index contributed by atoms with van der Waals surface area (Å²) in [6.07, 6.45) is 3.18. The maximum atomic E-state index is 12.3. The summed E-state index contributed by atoms with van der Waals surface area (Å²) in [5.74, 6) is 1.92. The molecule has 0 spiro atoms. The molecule has 0 radical (unpaired) electrons. The number of aromatic amines is 1. The Balaban J connectivity index is 1.30. The van der Waals surface area contributed by atoms with Gasteiger partial charge in [0.25, 0.3) is 0 Å². The lowest BCUT2D eigenvalue weighted by atomic mass is 10.1. The van der Waals surface area contributed by atoms with Crippen LogP contribution >= 0.6 is 0 Å². The second-order valence-electron chi connectivity index (χ2n) is 7.29. The summed E-state index contributed by atoms with van der Waals surface area (Å²) in [5, 5.41) is 13.3. The zero-order valence-electron chi connectivity index (χ0n) is 18.1. The van der Waals surface area contributed by atoms with E-state index in [1.165, 1.54) is 6.33 Å². The monoisotopic (exact) mass is 452 g/mol. The number of amides is 2. The second-order valence-corrected chi connectivity index (χ2v) is 7.29. The highest BCUT2D eigenvalue weighted by Gasteiger charge is 2.13. The molecule has 2 amide bonds. The zero-order valence-corrected chi connectivity index (χ0v) is 18.1. The molecule has 0 unspecified atom stereocenters. The van der Waals surface area contributed by atoms with Gasteiger partial charge in [0.1, 0.15) is 23.6 Å². The highest BCUT2D eigenvalue weighted by atomic mass is 16.5. The van der Waals surface area contributed by atoms with Gasteiger partial charge in [-0.15, -0.1) is 0 Å². The summed E-state index contributed by atoms with van der Waals surface area (Å²) in [4.78, 5) is 21.0. The Morgan fingerprint density at radius 1 is 0.882 bits per heavy atom. The number of para-hydroxylation sites is 1. The Morgan fingerprint density at radius 3 is 2.56 bits per heavy atom. The zero-order chi connectivity index (χ0) is 23.3. The number of carbonyl (C=O) groups excluding carboxylic acids is 1. The maximum absolute atomic E-state index is 12.3. The number of methoxy groups -OCH3 is 1. The van der Waals surface area contributed by atoms with E-state index in [2.05, 4.69) is 30.8 Å². The predicted molar refractivity (Wildman–Crippen MR) is 129 cm³/mol. The molecule has 9 nitrogen and oxygen atoms in total. The fraction of sp³-hybridized carbons (Fsp3) is 0.0400. The highest BCUT2D eigenvalue weighted by molar-refractivity contribution is 5.99. The van der Waals surface area contributed by atoms with E-state index >= 15 is 0 Å². The second kappa shape index (κ2) is 9.29. The van der Waals surface area contributed by atoms with Gasteiger partial charge in [-0.2, -0.15) is 5.10 Å². The fourth-order valence-electron chi connectivity index (χ4n) is 3.46. The van der Waals surface area contributed by atoms with E-state index in [-0.39, 0.29) is 6.03 Å². The van der Waals surface area contributed by atoms with Gasteiger partial charge >= 0.3 is 6.03 Å². The fourth-order valence-corrected chi connectivity index (χ4v) is 3.46. The third-order valence-electron chi connectivity index (χ3n) is 5.06. The molecule has 3 aromatic carbocycles. The van der Waals surface area contributed by atoms with Crippen LogP contribution in [0.4, 0.5) is 16.2 Å². The van der Waals surface area contributed by atoms with Crippen LogP contribution in [0.15, 0.2) is 85.3 Å². The van der Waals surface area contributed by atoms with E-state index in [1.54, 1.807) is 55.8 Å². The van der Waals surface area contributed by atoms with Crippen molar-refractivity contribution in [3.05, 3.63) is 85.3 Å². The number of fused-ring (bicyclic) bond motifs is 1. The Hall–Kier alpha value is -4.92. The van der Waals surface area contributed by atoms with Gasteiger partial charge in [-0.25, -0.2) is 14.8 Å². The first-order chi connectivity index (χ1) is 16.7. The smallest absolute Gasteiger partial charge is 0.323 e. The van der Waals surface area contributed by atoms with E-state index in [4.69, 9.17) is 9.47 Å². The van der Waals surface area contributed by atoms with Gasteiger partial charge in [0.2, 0.25) is 0 Å². The van der Waals surface area contributed by atoms with Crippen LogP contribution in [0, 0.1) is 0 Å². The lowest BCUT2D eigenvalue weighted by molar-refractivity contribution is 0.262. The van der Waals surface area contributed by atoms with E-state index < -0.39 is 0 Å². The molecule has 2 heterocycles. The summed E-state index contributed by atoms with van der Waals surface area (Å²) in [5.41, 5.74) is 3.45. The number of benzene rings is 3. The number of ether oxygens (including phenoxy) is 2. The molecule has 0 saturated carbocycles. The number of hydrogen-bond acceptors (Lipinski definition) is 6. The standard InChI is InChI=1S/C25H20N6O3/c1-33-19-6-4-5-17(13-19)30-25(32)29-16-9-11-18(12-10-16)34-22-8-3-2-7-20(22)23-21-14-28-31-24(21)27-15-26-23/h2-15H,1H3,(H2,29,30,32)(H,26,27,28,31). The van der Waals surface area contributed by atoms with Crippen LogP contribution in [-0.4, -0.2) is 33.3 Å². The van der Waals surface area contributed by atoms with Crippen LogP contribution < -0.4 is 20.1 Å². The van der Waals surface area contributed by atoms with E-state index in [0.29, 0.717) is 34.3 Å². The number of anilines is 2. The van der Waals surface area contributed by atoms with Gasteiger partial charge in [0.15, 0.2) is 5.65 Å². The molecule has 9 heteroatoms. The minimum Gasteiger partial charge on any atom is -0.497 e. The average molecular weight is 452 g/mol. The molecule has 3 N–H and O–H groups in total. The first-order valence-electron chi connectivity index (χ1n) is 10.4. The number of nitrogens with zero attached hydrogens (tertiary/aromatic N) is 3. The highest BCUT2D eigenvalue weighted by Crippen LogP contribution is 2.35. The van der Waals surface area contributed by atoms with Crippen LogP contribution in [0.2, 0.25) is 0 Å². The average Bonchev–Trinajstić information content (AvgIpc) is 3.35. The van der Waals surface area contributed by atoms with Crippen LogP contribution in [0.5, 0.6) is 17.2 Å². The van der Waals surface area contributed by atoms with Crippen LogP contribution in [0.25, 0.3) is 22.3 Å². The molecular formula is C25H20N6O3. The maximum Gasteiger partial charge on any atom is 0.323 e. The van der Waals surface area contributed by atoms with Crippen molar-refractivity contribution in [2.45, 2.75) is 0 Å². The predicted octanol–water partition coefficient (Wildman–Crippen LogP) is 5.46. The van der Waals surface area contributed by atoms with Crippen LogP contribution in [0.3, 0.4) is 0 Å². The first-order valence-corrected chi connectivity index (χ1v) is 10.4. The van der Waals surface area contributed by atoms with Crippen molar-refractivity contribution in [3.8, 4) is 28.5 Å². The quantitative estimate of drug-likeness (QED) is 0.315. The molecular weight excluding hydrogens is 432 g/mol. The molecule has 34 heavy (non-hydrogen) atoms. The summed E-state index contributed by atoms with van der Waals surface area (Å²) < 4.78 is 11.3. The largest absolute Gasteiger partial charge is 0.497 e. The van der Waals surface area contributed by atoms with Gasteiger partial charge in [-0.3, -0.25) is 5.10 Å². The molecule has 168 valence electrons. The van der Waals surface area contributed by atoms with Crippen molar-refractivity contribution in [3.63, 3.8) is 0 Å². The number of nitrogens with one attached hydrogen (secondary N) is 3. The number of carbonyl (C=O) groups is 1. The van der Waals surface area contributed by atoms with Crippen LogP contribution in [-0.2, 0) is 0 Å². The molecule has 5 aromatic rings. The molecule has 0 aliphatic heterocycles. The van der Waals surface area contributed by atoms with E-state index in [0.717, 1.165) is 16.6 Å². The number of H-pyrrole nitrogens is 1. The lowest BCUT2D eigenvalue weighted by Gasteiger charge is -2.12. The summed E-state index contributed by atoms with van der Waals surface area (Å²) in [7, 11) is 1.58. The van der Waals surface area contributed by atoms with Gasteiger partial charge in [-0.1, -0.05) is 18.2 Å². The van der Waals surface area contributed by atoms with Crippen molar-refractivity contribution < 1.29 is 14.3 Å². The SMILES string of the molecule is COc1cccc(NC(=O)Nc2ccc(Oc3ccccc3-c3ncnc4[nH]ncc34)cc2)c1. The molecule has 0 saturated heterocycles. The molecule has 0 bridgehead atoms. The van der Waals surface area contributed by atoms with Crippen molar-refractivity contribution in [1.82, 2.24) is 20.2 Å². The number of hydrogen-bond donors (Lipinski definition) is 3. The summed E-state index contributed by atoms with van der Waals surface area (Å²) >= 11 is 0. The minimum absolute atomic E-state index is 0.361. The summed E-state index contributed by atoms with van der Waals surface area (Å²) in [6.45, 7) is 0. The Kier molecular flexibility index (Phi) is 5.73. The van der Waals surface area contributed by atoms with Crippen molar-refractivity contribution >= 4 is 28.4 Å². The van der Waals surface area contributed by atoms with Crippen molar-refractivity contribution in [1.29, 1.82) is 0 Å². The van der Waals surface area contributed by atoms with Gasteiger partial charge in [0.05, 0.1) is 24.4 Å². The van der Waals surface area contributed by atoms with E-state index in [9.17, 15) is 4.79 Å².